The van der Waals surface area contributed by atoms with Gasteiger partial charge in [0.25, 0.3) is 0 Å². The molecule has 0 amide bonds. The Morgan fingerprint density at radius 1 is 1.58 bits per heavy atom. The second kappa shape index (κ2) is 6.39. The highest BCUT2D eigenvalue weighted by Crippen LogP contribution is 1.80. The summed E-state index contributed by atoms with van der Waals surface area (Å²) in [4.78, 5) is 10.7. The van der Waals surface area contributed by atoms with Crippen molar-refractivity contribution < 1.29 is 9.53 Å². The Morgan fingerprint density at radius 2 is 2.25 bits per heavy atom. The van der Waals surface area contributed by atoms with E-state index >= 15 is 0 Å². The van der Waals surface area contributed by atoms with Crippen LogP contribution in [0.5, 0.6) is 0 Å². The van der Waals surface area contributed by atoms with E-state index in [9.17, 15) is 4.79 Å². The van der Waals surface area contributed by atoms with Gasteiger partial charge < -0.3 is 9.75 Å². The summed E-state index contributed by atoms with van der Waals surface area (Å²) in [6.07, 6.45) is 4.39. The van der Waals surface area contributed by atoms with E-state index in [-0.39, 0.29) is 5.97 Å². The fourth-order valence-corrected chi connectivity index (χ4v) is 0.484. The zero-order valence-electron chi connectivity index (χ0n) is 7.65. The van der Waals surface area contributed by atoms with Crippen LogP contribution >= 0.6 is 0 Å². The van der Waals surface area contributed by atoms with E-state index in [0.717, 1.165) is 0 Å². The number of carbonyl (C=O) groups is 1. The molecule has 0 aliphatic heterocycles. The van der Waals surface area contributed by atoms with Crippen molar-refractivity contribution in [3.8, 4) is 0 Å². The number of ether oxygens (including phenoxy) is 1. The maximum absolute atomic E-state index is 10.7. The molecular weight excluding hydrogens is 156 g/mol. The number of nitrogens with zero attached hydrogens (tertiary/aromatic N) is 2. The van der Waals surface area contributed by atoms with E-state index in [1.165, 1.54) is 18.4 Å². The molecular formula is C8H14N2O2. The van der Waals surface area contributed by atoms with Crippen LogP contribution < -0.4 is 0 Å². The van der Waals surface area contributed by atoms with Gasteiger partial charge in [-0.1, -0.05) is 0 Å². The van der Waals surface area contributed by atoms with Gasteiger partial charge in [0, 0.05) is 26.4 Å². The van der Waals surface area contributed by atoms with E-state index in [4.69, 9.17) is 0 Å². The van der Waals surface area contributed by atoms with E-state index in [1.807, 2.05) is 0 Å². The SMILES string of the molecule is CCOC(=O)C=CC=NN(C)C. The summed E-state index contributed by atoms with van der Waals surface area (Å²) in [7, 11) is 3.60. The first kappa shape index (κ1) is 10.7. The summed E-state index contributed by atoms with van der Waals surface area (Å²) in [5.41, 5.74) is 0. The van der Waals surface area contributed by atoms with Gasteiger partial charge in [-0.25, -0.2) is 4.79 Å². The van der Waals surface area contributed by atoms with Gasteiger partial charge in [-0.2, -0.15) is 5.10 Å². The smallest absolute Gasteiger partial charge is 0.330 e. The summed E-state index contributed by atoms with van der Waals surface area (Å²) < 4.78 is 4.65. The van der Waals surface area contributed by atoms with Gasteiger partial charge in [0.1, 0.15) is 0 Å². The Labute approximate surface area is 72.5 Å². The third kappa shape index (κ3) is 6.80. The van der Waals surface area contributed by atoms with Gasteiger partial charge in [-0.3, -0.25) is 0 Å². The van der Waals surface area contributed by atoms with E-state index in [2.05, 4.69) is 9.84 Å². The van der Waals surface area contributed by atoms with Crippen molar-refractivity contribution in [1.29, 1.82) is 0 Å². The van der Waals surface area contributed by atoms with Crippen molar-refractivity contribution >= 4 is 12.2 Å². The van der Waals surface area contributed by atoms with Gasteiger partial charge in [0.15, 0.2) is 0 Å². The minimum Gasteiger partial charge on any atom is -0.463 e. The topological polar surface area (TPSA) is 41.9 Å². The molecule has 0 rings (SSSR count). The minimum absolute atomic E-state index is 0.345. The number of hydrazone groups is 1. The number of esters is 1. The number of hydrogen-bond acceptors (Lipinski definition) is 4. The van der Waals surface area contributed by atoms with Crippen molar-refractivity contribution in [2.75, 3.05) is 20.7 Å². The van der Waals surface area contributed by atoms with Gasteiger partial charge >= 0.3 is 5.97 Å². The molecule has 0 aromatic carbocycles. The molecule has 0 atom stereocenters. The highest BCUT2D eigenvalue weighted by atomic mass is 16.5. The van der Waals surface area contributed by atoms with Crippen molar-refractivity contribution in [1.82, 2.24) is 5.01 Å². The Balaban J connectivity index is 3.68. The highest BCUT2D eigenvalue weighted by molar-refractivity contribution is 5.87. The molecule has 0 aromatic heterocycles. The lowest BCUT2D eigenvalue weighted by molar-refractivity contribution is -0.137. The van der Waals surface area contributed by atoms with Crippen LogP contribution in [0.1, 0.15) is 6.92 Å². The number of allylic oxidation sites excluding steroid dienone is 1. The van der Waals surface area contributed by atoms with Crippen molar-refractivity contribution in [3.63, 3.8) is 0 Å². The summed E-state index contributed by atoms with van der Waals surface area (Å²) in [6, 6.07) is 0. The molecule has 0 saturated heterocycles. The molecule has 4 heteroatoms. The Bertz CT molecular complexity index is 185. The first-order valence-corrected chi connectivity index (χ1v) is 3.71. The fourth-order valence-electron chi connectivity index (χ4n) is 0.484. The highest BCUT2D eigenvalue weighted by Gasteiger charge is 1.89. The number of hydrogen-bond donors (Lipinski definition) is 0. The lowest BCUT2D eigenvalue weighted by Gasteiger charge is -1.99. The van der Waals surface area contributed by atoms with E-state index < -0.39 is 0 Å². The van der Waals surface area contributed by atoms with Crippen LogP contribution in [0.2, 0.25) is 0 Å². The minimum atomic E-state index is -0.345. The molecule has 0 fully saturated rings. The molecule has 0 spiro atoms. The van der Waals surface area contributed by atoms with Crippen LogP contribution in [-0.2, 0) is 9.53 Å². The van der Waals surface area contributed by atoms with Crippen LogP contribution in [0.4, 0.5) is 0 Å². The maximum atomic E-state index is 10.7. The molecule has 0 saturated carbocycles. The Kier molecular flexibility index (Phi) is 5.69. The van der Waals surface area contributed by atoms with E-state index in [1.54, 1.807) is 26.0 Å². The maximum Gasteiger partial charge on any atom is 0.330 e. The average Bonchev–Trinajstić information content (AvgIpc) is 1.98. The molecule has 0 aromatic rings. The molecule has 0 radical (unpaired) electrons. The lowest BCUT2D eigenvalue weighted by Crippen LogP contribution is -2.01. The predicted octanol–water partition coefficient (Wildman–Crippen LogP) is 0.653. The second-order valence-corrected chi connectivity index (χ2v) is 2.22. The summed E-state index contributed by atoms with van der Waals surface area (Å²) in [6.45, 7) is 2.16. The van der Waals surface area contributed by atoms with E-state index in [0.29, 0.717) is 6.61 Å². The molecule has 0 aliphatic carbocycles. The Morgan fingerprint density at radius 3 is 2.75 bits per heavy atom. The third-order valence-corrected chi connectivity index (χ3v) is 0.903. The molecule has 0 unspecified atom stereocenters. The summed E-state index contributed by atoms with van der Waals surface area (Å²) in [5.74, 6) is -0.345. The predicted molar refractivity (Wildman–Crippen MR) is 48.0 cm³/mol. The molecule has 0 heterocycles. The largest absolute Gasteiger partial charge is 0.463 e. The average molecular weight is 170 g/mol. The first-order valence-electron chi connectivity index (χ1n) is 3.71. The van der Waals surface area contributed by atoms with Gasteiger partial charge in [-0.05, 0) is 13.0 Å². The lowest BCUT2D eigenvalue weighted by atomic mass is 10.5. The number of carbonyl (C=O) groups excluding carboxylic acids is 1. The van der Waals surface area contributed by atoms with Crippen LogP contribution in [-0.4, -0.2) is 37.9 Å². The van der Waals surface area contributed by atoms with Crippen molar-refractivity contribution in [2.24, 2.45) is 5.10 Å². The zero-order chi connectivity index (χ0) is 9.40. The standard InChI is InChI=1S/C8H14N2O2/c1-4-12-8(11)6-5-7-9-10(2)3/h5-7H,4H2,1-3H3. The normalized spacial score (nSPS) is 10.9. The van der Waals surface area contributed by atoms with Crippen molar-refractivity contribution in [2.45, 2.75) is 6.92 Å². The first-order chi connectivity index (χ1) is 5.66. The molecule has 12 heavy (non-hydrogen) atoms. The van der Waals surface area contributed by atoms with Gasteiger partial charge in [0.2, 0.25) is 0 Å². The molecule has 4 nitrogen and oxygen atoms in total. The molecule has 0 bridgehead atoms. The van der Waals surface area contributed by atoms with Crippen LogP contribution in [0.15, 0.2) is 17.3 Å². The van der Waals surface area contributed by atoms with Crippen molar-refractivity contribution in [3.05, 3.63) is 12.2 Å². The van der Waals surface area contributed by atoms with Gasteiger partial charge in [-0.15, -0.1) is 0 Å². The quantitative estimate of drug-likeness (QED) is 0.269. The molecule has 0 aliphatic rings. The number of rotatable bonds is 4. The summed E-state index contributed by atoms with van der Waals surface area (Å²) in [5, 5.41) is 5.50. The summed E-state index contributed by atoms with van der Waals surface area (Å²) >= 11 is 0. The van der Waals surface area contributed by atoms with Gasteiger partial charge in [0.05, 0.1) is 6.61 Å². The molecule has 0 N–H and O–H groups in total. The van der Waals surface area contributed by atoms with Crippen LogP contribution in [0.25, 0.3) is 0 Å². The van der Waals surface area contributed by atoms with Crippen LogP contribution in [0.3, 0.4) is 0 Å². The third-order valence-electron chi connectivity index (χ3n) is 0.903. The second-order valence-electron chi connectivity index (χ2n) is 2.22. The monoisotopic (exact) mass is 170 g/mol. The molecule has 68 valence electrons. The van der Waals surface area contributed by atoms with Crippen LogP contribution in [0, 0.1) is 0 Å². The zero-order valence-corrected chi connectivity index (χ0v) is 7.65. The fraction of sp³-hybridized carbons (Fsp3) is 0.500. The Hall–Kier alpha value is -1.32.